The van der Waals surface area contributed by atoms with Gasteiger partial charge >= 0.3 is 6.03 Å². The third kappa shape index (κ3) is 6.96. The molecule has 3 aliphatic heterocycles. The summed E-state index contributed by atoms with van der Waals surface area (Å²) in [6.07, 6.45) is 1.01. The molecule has 4 heterocycles. The van der Waals surface area contributed by atoms with Gasteiger partial charge in [0.2, 0.25) is 5.91 Å². The van der Waals surface area contributed by atoms with Crippen LogP contribution in [0, 0.1) is 13.8 Å². The monoisotopic (exact) mass is 541 g/mol. The first-order chi connectivity index (χ1) is 18.9. The van der Waals surface area contributed by atoms with Crippen molar-refractivity contribution in [3.8, 4) is 0 Å². The maximum atomic E-state index is 13.3. The molecule has 0 spiro atoms. The normalized spacial score (nSPS) is 27.9. The highest BCUT2D eigenvalue weighted by Crippen LogP contribution is 2.29. The Hall–Kier alpha value is -2.99. The predicted octanol–water partition coefficient (Wildman–Crippen LogP) is 2.21. The molecule has 0 radical (unpaired) electrons. The highest BCUT2D eigenvalue weighted by Gasteiger charge is 2.40. The van der Waals surface area contributed by atoms with E-state index >= 15 is 0 Å². The first-order valence-corrected chi connectivity index (χ1v) is 13.8. The molecule has 3 fully saturated rings. The summed E-state index contributed by atoms with van der Waals surface area (Å²) in [5, 5.41) is 20.4. The molecule has 0 saturated carbocycles. The van der Waals surface area contributed by atoms with Gasteiger partial charge in [-0.3, -0.25) is 9.69 Å². The molecule has 3 aliphatic rings. The molecule has 11 nitrogen and oxygen atoms in total. The molecule has 0 aliphatic carbocycles. The molecule has 1 aromatic carbocycles. The van der Waals surface area contributed by atoms with Crippen LogP contribution in [0.1, 0.15) is 42.7 Å². The first kappa shape index (κ1) is 27.6. The molecule has 39 heavy (non-hydrogen) atoms. The number of likely N-dealkylation sites (tertiary alicyclic amines) is 1. The maximum Gasteiger partial charge on any atom is 0.322 e. The standard InChI is InChI=1S/C28H39N5O6/c1-18-27(19(2)39-31-18)30-28(36)33-15-22(34)16-37-17-25-24(33)9-8-23(38-25)12-26(35)29-21-10-11-32(14-21)13-20-6-4-3-5-7-20/h3-7,21-25,34H,8-17H2,1-2H3,(H,29,35)(H,30,36)/t21-,22-,23+,24+,25-/m1/s1. The summed E-state index contributed by atoms with van der Waals surface area (Å²) < 4.78 is 17.2. The predicted molar refractivity (Wildman–Crippen MR) is 143 cm³/mol. The lowest BCUT2D eigenvalue weighted by Gasteiger charge is -2.44. The molecule has 212 valence electrons. The Bertz CT molecular complexity index is 1110. The van der Waals surface area contributed by atoms with E-state index in [2.05, 4.69) is 32.8 Å². The minimum absolute atomic E-state index is 0.0137. The van der Waals surface area contributed by atoms with Crippen LogP contribution in [0.15, 0.2) is 34.9 Å². The zero-order valence-electron chi connectivity index (χ0n) is 22.7. The molecular formula is C28H39N5O6. The van der Waals surface area contributed by atoms with Gasteiger partial charge in [0.25, 0.3) is 0 Å². The summed E-state index contributed by atoms with van der Waals surface area (Å²) in [6, 6.07) is 9.86. The smallest absolute Gasteiger partial charge is 0.322 e. The van der Waals surface area contributed by atoms with Crippen LogP contribution in [-0.4, -0.2) is 95.2 Å². The largest absolute Gasteiger partial charge is 0.389 e. The lowest BCUT2D eigenvalue weighted by molar-refractivity contribution is -0.150. The number of ether oxygens (including phenoxy) is 2. The topological polar surface area (TPSA) is 129 Å². The number of nitrogens with zero attached hydrogens (tertiary/aromatic N) is 3. The van der Waals surface area contributed by atoms with Crippen LogP contribution in [0.3, 0.4) is 0 Å². The van der Waals surface area contributed by atoms with Crippen LogP contribution in [0.4, 0.5) is 10.5 Å². The minimum atomic E-state index is -0.808. The zero-order chi connectivity index (χ0) is 27.4. The van der Waals surface area contributed by atoms with Gasteiger partial charge in [0.1, 0.15) is 17.5 Å². The van der Waals surface area contributed by atoms with E-state index in [1.807, 2.05) is 18.2 Å². The third-order valence-electron chi connectivity index (χ3n) is 7.81. The van der Waals surface area contributed by atoms with E-state index in [1.165, 1.54) is 5.56 Å². The number of benzene rings is 1. The van der Waals surface area contributed by atoms with Gasteiger partial charge in [0, 0.05) is 25.7 Å². The van der Waals surface area contributed by atoms with Crippen LogP contribution < -0.4 is 10.6 Å². The van der Waals surface area contributed by atoms with Crippen molar-refractivity contribution in [3.63, 3.8) is 0 Å². The molecule has 2 aromatic rings. The van der Waals surface area contributed by atoms with Crippen molar-refractivity contribution in [2.45, 2.75) is 76.5 Å². The van der Waals surface area contributed by atoms with Crippen molar-refractivity contribution in [3.05, 3.63) is 47.3 Å². The highest BCUT2D eigenvalue weighted by molar-refractivity contribution is 5.90. The molecule has 5 rings (SSSR count). The number of carbonyl (C=O) groups excluding carboxylic acids is 2. The van der Waals surface area contributed by atoms with Crippen LogP contribution in [0.25, 0.3) is 0 Å². The second-order valence-corrected chi connectivity index (χ2v) is 10.9. The van der Waals surface area contributed by atoms with E-state index < -0.39 is 12.2 Å². The Morgan fingerprint density at radius 3 is 2.69 bits per heavy atom. The molecule has 3 amide bonds. The van der Waals surface area contributed by atoms with Crippen molar-refractivity contribution in [1.29, 1.82) is 0 Å². The molecule has 0 bridgehead atoms. The number of aliphatic hydroxyl groups excluding tert-OH is 1. The highest BCUT2D eigenvalue weighted by atomic mass is 16.5. The summed E-state index contributed by atoms with van der Waals surface area (Å²) in [5.41, 5.74) is 2.40. The van der Waals surface area contributed by atoms with E-state index in [0.717, 1.165) is 26.1 Å². The lowest BCUT2D eigenvalue weighted by atomic mass is 9.95. The SMILES string of the molecule is Cc1noc(C)c1NC(=O)N1C[C@@H](O)COC[C@H]2O[C@H](CC(=O)N[C@@H]3CCN(Cc4ccccc4)C3)CC[C@@H]21. The molecule has 1 aromatic heterocycles. The van der Waals surface area contributed by atoms with Gasteiger partial charge in [-0.05, 0) is 38.7 Å². The molecular weight excluding hydrogens is 502 g/mol. The number of β-amino-alcohol motifs (C(OH)–C–C–N with tert-alkyl or cyclic N) is 1. The summed E-state index contributed by atoms with van der Waals surface area (Å²) in [6.45, 7) is 6.64. The van der Waals surface area contributed by atoms with Crippen LogP contribution in [-0.2, 0) is 20.8 Å². The van der Waals surface area contributed by atoms with Crippen molar-refractivity contribution < 1.29 is 28.7 Å². The number of carbonyl (C=O) groups is 2. The summed E-state index contributed by atoms with van der Waals surface area (Å²) >= 11 is 0. The molecule has 0 unspecified atom stereocenters. The summed E-state index contributed by atoms with van der Waals surface area (Å²) in [7, 11) is 0. The Morgan fingerprint density at radius 1 is 1.10 bits per heavy atom. The van der Waals surface area contributed by atoms with E-state index in [0.29, 0.717) is 30.0 Å². The van der Waals surface area contributed by atoms with Gasteiger partial charge in [-0.15, -0.1) is 0 Å². The Morgan fingerprint density at radius 2 is 1.92 bits per heavy atom. The first-order valence-electron chi connectivity index (χ1n) is 13.8. The third-order valence-corrected chi connectivity index (χ3v) is 7.81. The number of anilines is 1. The van der Waals surface area contributed by atoms with Gasteiger partial charge < -0.3 is 34.6 Å². The minimum Gasteiger partial charge on any atom is -0.389 e. The number of rotatable bonds is 6. The van der Waals surface area contributed by atoms with Gasteiger partial charge in [0.15, 0.2) is 5.76 Å². The fourth-order valence-corrected chi connectivity index (χ4v) is 5.84. The number of fused-ring (bicyclic) bond motifs is 1. The maximum absolute atomic E-state index is 13.3. The average Bonchev–Trinajstić information content (AvgIpc) is 3.47. The van der Waals surface area contributed by atoms with E-state index in [1.54, 1.807) is 18.7 Å². The molecule has 11 heteroatoms. The van der Waals surface area contributed by atoms with Crippen molar-refractivity contribution in [2.24, 2.45) is 0 Å². The van der Waals surface area contributed by atoms with E-state index in [9.17, 15) is 14.7 Å². The van der Waals surface area contributed by atoms with Crippen LogP contribution >= 0.6 is 0 Å². The number of nitrogens with one attached hydrogen (secondary N) is 2. The van der Waals surface area contributed by atoms with Gasteiger partial charge in [-0.2, -0.15) is 0 Å². The van der Waals surface area contributed by atoms with Gasteiger partial charge in [-0.1, -0.05) is 35.5 Å². The van der Waals surface area contributed by atoms with E-state index in [-0.39, 0.29) is 56.3 Å². The fourth-order valence-electron chi connectivity index (χ4n) is 5.84. The number of hydrogen-bond acceptors (Lipinski definition) is 8. The summed E-state index contributed by atoms with van der Waals surface area (Å²) in [4.78, 5) is 30.2. The lowest BCUT2D eigenvalue weighted by Crippen LogP contribution is -2.58. The summed E-state index contributed by atoms with van der Waals surface area (Å²) in [5.74, 6) is 0.505. The second kappa shape index (κ2) is 12.5. The number of aryl methyl sites for hydroxylation is 2. The van der Waals surface area contributed by atoms with Crippen molar-refractivity contribution >= 4 is 17.6 Å². The van der Waals surface area contributed by atoms with Crippen molar-refractivity contribution in [1.82, 2.24) is 20.3 Å². The van der Waals surface area contributed by atoms with Crippen LogP contribution in [0.2, 0.25) is 0 Å². The molecule has 3 N–H and O–H groups in total. The Kier molecular flexibility index (Phi) is 8.81. The number of hydrogen-bond donors (Lipinski definition) is 3. The number of aliphatic hydroxyl groups is 1. The quantitative estimate of drug-likeness (QED) is 0.508. The van der Waals surface area contributed by atoms with Crippen molar-refractivity contribution in [2.75, 3.05) is 38.2 Å². The number of amides is 3. The second-order valence-electron chi connectivity index (χ2n) is 10.9. The van der Waals surface area contributed by atoms with Gasteiger partial charge in [-0.25, -0.2) is 4.79 Å². The Labute approximate surface area is 228 Å². The average molecular weight is 542 g/mol. The number of urea groups is 1. The van der Waals surface area contributed by atoms with Crippen LogP contribution in [0.5, 0.6) is 0 Å². The number of aromatic nitrogens is 1. The van der Waals surface area contributed by atoms with Gasteiger partial charge in [0.05, 0.1) is 44.4 Å². The zero-order valence-corrected chi connectivity index (χ0v) is 22.7. The van der Waals surface area contributed by atoms with E-state index in [4.69, 9.17) is 14.0 Å². The fraction of sp³-hybridized carbons (Fsp3) is 0.607. The molecule has 3 saturated heterocycles. The Balaban J connectivity index is 1.14. The molecule has 5 atom stereocenters.